The maximum Gasteiger partial charge on any atom is 0.336 e. The van der Waals surface area contributed by atoms with E-state index in [0.717, 1.165) is 54.6 Å². The third-order valence-electron chi connectivity index (χ3n) is 5.23. The van der Waals surface area contributed by atoms with Crippen molar-refractivity contribution in [2.75, 3.05) is 26.3 Å². The van der Waals surface area contributed by atoms with E-state index >= 15 is 0 Å². The molecular weight excluding hydrogens is 306 g/mol. The van der Waals surface area contributed by atoms with Crippen molar-refractivity contribution in [2.45, 2.75) is 39.0 Å². The average molecular weight is 330 g/mol. The molecule has 0 aliphatic carbocycles. The highest BCUT2D eigenvalue weighted by Crippen LogP contribution is 2.28. The number of hydrogen-bond acceptors (Lipinski definition) is 4. The second-order valence-electron chi connectivity index (χ2n) is 7.08. The minimum Gasteiger partial charge on any atom is -0.422 e. The van der Waals surface area contributed by atoms with Crippen molar-refractivity contribution in [3.05, 3.63) is 45.3 Å². The van der Waals surface area contributed by atoms with E-state index in [1.54, 1.807) is 6.07 Å². The van der Waals surface area contributed by atoms with Crippen LogP contribution in [0.3, 0.4) is 0 Å². The van der Waals surface area contributed by atoms with Gasteiger partial charge in [0.15, 0.2) is 5.79 Å². The first-order chi connectivity index (χ1) is 11.5. The Morgan fingerprint density at radius 1 is 1.08 bits per heavy atom. The normalized spacial score (nSPS) is 20.9. The van der Waals surface area contributed by atoms with Gasteiger partial charge in [0, 0.05) is 17.0 Å². The second kappa shape index (κ2) is 5.99. The van der Waals surface area contributed by atoms with Crippen LogP contribution in [0, 0.1) is 13.8 Å². The smallest absolute Gasteiger partial charge is 0.336 e. The largest absolute Gasteiger partial charge is 0.422 e. The van der Waals surface area contributed by atoms with E-state index in [2.05, 4.69) is 19.1 Å². The van der Waals surface area contributed by atoms with E-state index in [0.29, 0.717) is 13.2 Å². The van der Waals surface area contributed by atoms with Crippen molar-refractivity contribution in [1.29, 1.82) is 0 Å². The third kappa shape index (κ3) is 2.88. The zero-order chi connectivity index (χ0) is 16.7. The first-order valence-corrected chi connectivity index (χ1v) is 8.70. The van der Waals surface area contributed by atoms with Gasteiger partial charge in [-0.3, -0.25) is 0 Å². The number of quaternary nitrogens is 1. The molecule has 1 spiro atoms. The highest BCUT2D eigenvalue weighted by atomic mass is 16.7. The third-order valence-corrected chi connectivity index (χ3v) is 5.23. The number of rotatable bonds is 2. The summed E-state index contributed by atoms with van der Waals surface area (Å²) in [6.45, 7) is 8.30. The van der Waals surface area contributed by atoms with Crippen LogP contribution in [-0.4, -0.2) is 32.1 Å². The molecule has 0 unspecified atom stereocenters. The summed E-state index contributed by atoms with van der Waals surface area (Å²) in [5, 5.41) is 1.06. The zero-order valence-electron chi connectivity index (χ0n) is 14.3. The summed E-state index contributed by atoms with van der Waals surface area (Å²) in [7, 11) is 0. The molecule has 24 heavy (non-hydrogen) atoms. The molecule has 2 saturated heterocycles. The Hall–Kier alpha value is -1.69. The standard InChI is InChI=1S/C19H23NO4/c1-13-9-14(2)18-16(10-13)15(11-17(21)24-18)12-20-5-3-19(4-6-20)22-7-8-23-19/h9-11H,3-8,12H2,1-2H3/p+1. The average Bonchev–Trinajstić information content (AvgIpc) is 2.99. The molecule has 0 radical (unpaired) electrons. The molecule has 1 N–H and O–H groups in total. The van der Waals surface area contributed by atoms with Crippen molar-refractivity contribution in [2.24, 2.45) is 0 Å². The van der Waals surface area contributed by atoms with Crippen LogP contribution in [0.15, 0.2) is 27.4 Å². The Morgan fingerprint density at radius 2 is 1.79 bits per heavy atom. The van der Waals surface area contributed by atoms with Gasteiger partial charge in [-0.2, -0.15) is 0 Å². The summed E-state index contributed by atoms with van der Waals surface area (Å²) >= 11 is 0. The maximum absolute atomic E-state index is 12.0. The molecule has 0 bridgehead atoms. The van der Waals surface area contributed by atoms with E-state index in [1.807, 2.05) is 6.92 Å². The van der Waals surface area contributed by atoms with Crippen molar-refractivity contribution < 1.29 is 18.8 Å². The highest BCUT2D eigenvalue weighted by molar-refractivity contribution is 5.83. The molecule has 5 heteroatoms. The number of piperidine rings is 1. The van der Waals surface area contributed by atoms with Crippen LogP contribution in [0.1, 0.15) is 29.5 Å². The van der Waals surface area contributed by atoms with E-state index in [1.165, 1.54) is 10.5 Å². The lowest BCUT2D eigenvalue weighted by atomic mass is 10.0. The Kier molecular flexibility index (Phi) is 3.95. The van der Waals surface area contributed by atoms with Gasteiger partial charge in [0.05, 0.1) is 39.1 Å². The predicted molar refractivity (Wildman–Crippen MR) is 90.2 cm³/mol. The van der Waals surface area contributed by atoms with E-state index in [-0.39, 0.29) is 11.4 Å². The van der Waals surface area contributed by atoms with Gasteiger partial charge >= 0.3 is 5.63 Å². The number of fused-ring (bicyclic) bond motifs is 1. The SMILES string of the molecule is Cc1cc(C)c2oc(=O)cc(C[NH+]3CCC4(CC3)OCCO4)c2c1. The number of hydrogen-bond donors (Lipinski definition) is 1. The van der Waals surface area contributed by atoms with E-state index in [9.17, 15) is 4.79 Å². The molecule has 0 saturated carbocycles. The van der Waals surface area contributed by atoms with Crippen molar-refractivity contribution in [1.82, 2.24) is 0 Å². The molecule has 0 atom stereocenters. The van der Waals surface area contributed by atoms with Crippen molar-refractivity contribution in [3.63, 3.8) is 0 Å². The van der Waals surface area contributed by atoms with Crippen molar-refractivity contribution in [3.8, 4) is 0 Å². The number of nitrogens with one attached hydrogen (secondary N) is 1. The van der Waals surface area contributed by atoms with Crippen LogP contribution in [-0.2, 0) is 16.0 Å². The molecule has 1 aromatic heterocycles. The minimum atomic E-state index is -0.339. The van der Waals surface area contributed by atoms with E-state index in [4.69, 9.17) is 13.9 Å². The molecular formula is C19H24NO4+. The summed E-state index contributed by atoms with van der Waals surface area (Å²) in [6, 6.07) is 5.83. The first kappa shape index (κ1) is 15.8. The summed E-state index contributed by atoms with van der Waals surface area (Å²) in [5.41, 5.74) is 3.74. The van der Waals surface area contributed by atoms with Gasteiger partial charge in [-0.15, -0.1) is 0 Å². The number of benzene rings is 1. The summed E-state index contributed by atoms with van der Waals surface area (Å²) in [5.74, 6) is -0.339. The molecule has 3 heterocycles. The molecule has 0 amide bonds. The Morgan fingerprint density at radius 3 is 2.50 bits per heavy atom. The fourth-order valence-corrected chi connectivity index (χ4v) is 4.04. The van der Waals surface area contributed by atoms with Crippen LogP contribution >= 0.6 is 0 Å². The lowest BCUT2D eigenvalue weighted by Crippen LogP contribution is -3.12. The fourth-order valence-electron chi connectivity index (χ4n) is 4.04. The summed E-state index contributed by atoms with van der Waals surface area (Å²) in [4.78, 5) is 13.4. The first-order valence-electron chi connectivity index (χ1n) is 8.70. The van der Waals surface area contributed by atoms with Crippen molar-refractivity contribution >= 4 is 11.0 Å². The maximum atomic E-state index is 12.0. The molecule has 2 aliphatic rings. The van der Waals surface area contributed by atoms with Crippen LogP contribution < -0.4 is 10.5 Å². The fraction of sp³-hybridized carbons (Fsp3) is 0.526. The van der Waals surface area contributed by atoms with Crippen LogP contribution in [0.2, 0.25) is 0 Å². The lowest BCUT2D eigenvalue weighted by molar-refractivity contribution is -0.922. The Bertz CT molecular complexity index is 810. The van der Waals surface area contributed by atoms with Gasteiger partial charge in [0.1, 0.15) is 12.1 Å². The lowest BCUT2D eigenvalue weighted by Gasteiger charge is -2.35. The van der Waals surface area contributed by atoms with Crippen LogP contribution in [0.25, 0.3) is 11.0 Å². The van der Waals surface area contributed by atoms with Gasteiger partial charge in [-0.25, -0.2) is 4.79 Å². The zero-order valence-corrected chi connectivity index (χ0v) is 14.3. The number of aryl methyl sites for hydroxylation is 2. The molecule has 2 aromatic rings. The highest BCUT2D eigenvalue weighted by Gasteiger charge is 2.41. The molecule has 2 aliphatic heterocycles. The van der Waals surface area contributed by atoms with E-state index < -0.39 is 0 Å². The monoisotopic (exact) mass is 330 g/mol. The van der Waals surface area contributed by atoms with Gasteiger partial charge in [0.2, 0.25) is 0 Å². The predicted octanol–water partition coefficient (Wildman–Crippen LogP) is 1.33. The molecule has 2 fully saturated rings. The molecule has 4 rings (SSSR count). The second-order valence-corrected chi connectivity index (χ2v) is 7.08. The number of ether oxygens (including phenoxy) is 2. The van der Waals surface area contributed by atoms with Gasteiger partial charge < -0.3 is 18.8 Å². The molecule has 128 valence electrons. The topological polar surface area (TPSA) is 53.1 Å². The molecule has 5 nitrogen and oxygen atoms in total. The van der Waals surface area contributed by atoms with Gasteiger partial charge in [-0.1, -0.05) is 6.07 Å². The molecule has 1 aromatic carbocycles. The van der Waals surface area contributed by atoms with Crippen LogP contribution in [0.4, 0.5) is 0 Å². The minimum absolute atomic E-state index is 0.264. The summed E-state index contributed by atoms with van der Waals surface area (Å²) in [6.07, 6.45) is 1.83. The number of likely N-dealkylation sites (tertiary alicyclic amines) is 1. The Labute approximate surface area is 141 Å². The van der Waals surface area contributed by atoms with Gasteiger partial charge in [0.25, 0.3) is 0 Å². The summed E-state index contributed by atoms with van der Waals surface area (Å²) < 4.78 is 17.0. The van der Waals surface area contributed by atoms with Gasteiger partial charge in [-0.05, 0) is 31.0 Å². The van der Waals surface area contributed by atoms with Crippen LogP contribution in [0.5, 0.6) is 0 Å². The quantitative estimate of drug-likeness (QED) is 0.844. The Balaban J connectivity index is 1.60.